The molecule has 2 atom stereocenters. The second kappa shape index (κ2) is 10.6. The SMILES string of the molecule is COCCN1C(=O)C[C@@](CC(=O)N2CCC[C@@H](c3cccc(C)c3)C2)(c2ccccc2OC)C1=O. The lowest BCUT2D eigenvalue weighted by atomic mass is 9.75. The standard InChI is InChI=1S/C28H34N2O5/c1-20-8-6-9-21(16-20)22-10-7-13-29(19-22)25(31)17-28(23-11-4-5-12-24(23)35-3)18-26(32)30(27(28)33)14-15-34-2/h4-6,8-9,11-12,16,22H,7,10,13-15,17-19H2,1-3H3/t22-,28+/m1/s1. The van der Waals surface area contributed by atoms with Gasteiger partial charge in [-0.25, -0.2) is 0 Å². The molecule has 2 aliphatic heterocycles. The summed E-state index contributed by atoms with van der Waals surface area (Å²) >= 11 is 0. The fourth-order valence-corrected chi connectivity index (χ4v) is 5.46. The average Bonchev–Trinajstić information content (AvgIpc) is 3.11. The molecule has 0 saturated carbocycles. The number of piperidine rings is 1. The van der Waals surface area contributed by atoms with Crippen molar-refractivity contribution in [3.63, 3.8) is 0 Å². The Morgan fingerprint density at radius 2 is 1.91 bits per heavy atom. The summed E-state index contributed by atoms with van der Waals surface area (Å²) in [5, 5.41) is 0. The number of methoxy groups -OCH3 is 2. The number of para-hydroxylation sites is 1. The Bertz CT molecular complexity index is 1100. The second-order valence-electron chi connectivity index (χ2n) is 9.57. The molecule has 7 nitrogen and oxygen atoms in total. The van der Waals surface area contributed by atoms with Crippen molar-refractivity contribution in [3.05, 3.63) is 65.2 Å². The normalized spacial score (nSPS) is 22.5. The number of imide groups is 1. The van der Waals surface area contributed by atoms with Crippen LogP contribution in [0.1, 0.15) is 48.3 Å². The van der Waals surface area contributed by atoms with E-state index in [1.165, 1.54) is 30.2 Å². The monoisotopic (exact) mass is 478 g/mol. The van der Waals surface area contributed by atoms with Crippen LogP contribution in [0.25, 0.3) is 0 Å². The van der Waals surface area contributed by atoms with E-state index in [0.29, 0.717) is 24.4 Å². The number of ether oxygens (including phenoxy) is 2. The predicted octanol–water partition coefficient (Wildman–Crippen LogP) is 3.44. The second-order valence-corrected chi connectivity index (χ2v) is 9.57. The molecule has 7 heteroatoms. The maximum absolute atomic E-state index is 13.8. The van der Waals surface area contributed by atoms with Gasteiger partial charge in [-0.3, -0.25) is 19.3 Å². The molecule has 0 N–H and O–H groups in total. The molecule has 4 rings (SSSR count). The van der Waals surface area contributed by atoms with Gasteiger partial charge in [0.05, 0.1) is 25.7 Å². The fraction of sp³-hybridized carbons (Fsp3) is 0.464. The van der Waals surface area contributed by atoms with Crippen LogP contribution >= 0.6 is 0 Å². The van der Waals surface area contributed by atoms with Crippen molar-refractivity contribution in [2.75, 3.05) is 40.5 Å². The number of benzene rings is 2. The molecular weight excluding hydrogens is 444 g/mol. The highest BCUT2D eigenvalue weighted by Crippen LogP contribution is 2.44. The first-order chi connectivity index (χ1) is 16.9. The zero-order chi connectivity index (χ0) is 25.0. The number of nitrogens with zero attached hydrogens (tertiary/aromatic N) is 2. The molecule has 35 heavy (non-hydrogen) atoms. The summed E-state index contributed by atoms with van der Waals surface area (Å²) in [6.45, 7) is 3.75. The Balaban J connectivity index is 1.63. The van der Waals surface area contributed by atoms with E-state index in [1.54, 1.807) is 12.1 Å². The van der Waals surface area contributed by atoms with Crippen molar-refractivity contribution >= 4 is 17.7 Å². The highest BCUT2D eigenvalue weighted by Gasteiger charge is 2.55. The molecule has 0 aliphatic carbocycles. The number of aryl methyl sites for hydroxylation is 1. The molecule has 0 bridgehead atoms. The van der Waals surface area contributed by atoms with Crippen molar-refractivity contribution in [2.45, 2.75) is 43.9 Å². The van der Waals surface area contributed by atoms with Crippen LogP contribution in [0.15, 0.2) is 48.5 Å². The summed E-state index contributed by atoms with van der Waals surface area (Å²) in [6, 6.07) is 15.6. The van der Waals surface area contributed by atoms with Gasteiger partial charge in [-0.05, 0) is 31.4 Å². The topological polar surface area (TPSA) is 76.2 Å². The van der Waals surface area contributed by atoms with Crippen molar-refractivity contribution in [3.8, 4) is 5.75 Å². The molecule has 2 aromatic carbocycles. The predicted molar refractivity (Wildman–Crippen MR) is 132 cm³/mol. The molecule has 2 heterocycles. The molecule has 0 unspecified atom stereocenters. The maximum atomic E-state index is 13.8. The van der Waals surface area contributed by atoms with E-state index < -0.39 is 5.41 Å². The van der Waals surface area contributed by atoms with Gasteiger partial charge in [0.2, 0.25) is 17.7 Å². The van der Waals surface area contributed by atoms with Crippen molar-refractivity contribution in [1.82, 2.24) is 9.80 Å². The molecule has 2 fully saturated rings. The van der Waals surface area contributed by atoms with E-state index in [0.717, 1.165) is 12.8 Å². The van der Waals surface area contributed by atoms with Gasteiger partial charge in [0.25, 0.3) is 0 Å². The summed E-state index contributed by atoms with van der Waals surface area (Å²) < 4.78 is 10.7. The Morgan fingerprint density at radius 1 is 1.11 bits per heavy atom. The number of hydrogen-bond acceptors (Lipinski definition) is 5. The third kappa shape index (κ3) is 4.96. The van der Waals surface area contributed by atoms with Crippen molar-refractivity contribution in [1.29, 1.82) is 0 Å². The molecule has 2 saturated heterocycles. The lowest BCUT2D eigenvalue weighted by Crippen LogP contribution is -2.46. The highest BCUT2D eigenvalue weighted by atomic mass is 16.5. The number of carbonyl (C=O) groups excluding carboxylic acids is 3. The van der Waals surface area contributed by atoms with Gasteiger partial charge < -0.3 is 14.4 Å². The number of rotatable bonds is 8. The van der Waals surface area contributed by atoms with Crippen LogP contribution in [0.5, 0.6) is 5.75 Å². The van der Waals surface area contributed by atoms with E-state index >= 15 is 0 Å². The zero-order valence-corrected chi connectivity index (χ0v) is 20.8. The fourth-order valence-electron chi connectivity index (χ4n) is 5.46. The smallest absolute Gasteiger partial charge is 0.241 e. The minimum absolute atomic E-state index is 0.0587. The summed E-state index contributed by atoms with van der Waals surface area (Å²) in [7, 11) is 3.07. The summed E-state index contributed by atoms with van der Waals surface area (Å²) in [4.78, 5) is 43.6. The van der Waals surface area contributed by atoms with Crippen LogP contribution in [0, 0.1) is 6.92 Å². The Labute approximate surface area is 207 Å². The van der Waals surface area contributed by atoms with E-state index in [2.05, 4.69) is 31.2 Å². The van der Waals surface area contributed by atoms with Gasteiger partial charge in [0, 0.05) is 44.5 Å². The first-order valence-corrected chi connectivity index (χ1v) is 12.2. The molecular formula is C28H34N2O5. The molecule has 3 amide bonds. The lowest BCUT2D eigenvalue weighted by Gasteiger charge is -2.36. The van der Waals surface area contributed by atoms with Crippen molar-refractivity contribution < 1.29 is 23.9 Å². The summed E-state index contributed by atoms with van der Waals surface area (Å²) in [6.07, 6.45) is 1.80. The summed E-state index contributed by atoms with van der Waals surface area (Å²) in [5.74, 6) is 0.00919. The molecule has 2 aromatic rings. The quantitative estimate of drug-likeness (QED) is 0.544. The first kappa shape index (κ1) is 24.9. The minimum Gasteiger partial charge on any atom is -0.496 e. The number of hydrogen-bond donors (Lipinski definition) is 0. The van der Waals surface area contributed by atoms with Crippen LogP contribution in [-0.2, 0) is 24.5 Å². The molecule has 186 valence electrons. The number of carbonyl (C=O) groups is 3. The molecule has 0 radical (unpaired) electrons. The van der Waals surface area contributed by atoms with Gasteiger partial charge in [-0.2, -0.15) is 0 Å². The third-order valence-electron chi connectivity index (χ3n) is 7.29. The Kier molecular flexibility index (Phi) is 7.55. The van der Waals surface area contributed by atoms with E-state index in [4.69, 9.17) is 9.47 Å². The van der Waals surface area contributed by atoms with Crippen molar-refractivity contribution in [2.24, 2.45) is 0 Å². The van der Waals surface area contributed by atoms with Gasteiger partial charge in [0.1, 0.15) is 5.75 Å². The number of amides is 3. The van der Waals surface area contributed by atoms with Crippen LogP contribution < -0.4 is 4.74 Å². The Hall–Kier alpha value is -3.19. The average molecular weight is 479 g/mol. The lowest BCUT2D eigenvalue weighted by molar-refractivity contribution is -0.143. The molecule has 2 aliphatic rings. The minimum atomic E-state index is -1.29. The van der Waals surface area contributed by atoms with Gasteiger partial charge >= 0.3 is 0 Å². The number of likely N-dealkylation sites (tertiary alicyclic amines) is 2. The first-order valence-electron chi connectivity index (χ1n) is 12.2. The van der Waals surface area contributed by atoms with Crippen LogP contribution in [-0.4, -0.2) is 68.0 Å². The zero-order valence-electron chi connectivity index (χ0n) is 20.8. The van der Waals surface area contributed by atoms with Crippen LogP contribution in [0.4, 0.5) is 0 Å². The Morgan fingerprint density at radius 3 is 2.66 bits per heavy atom. The highest BCUT2D eigenvalue weighted by molar-refractivity contribution is 6.11. The maximum Gasteiger partial charge on any atom is 0.241 e. The van der Waals surface area contributed by atoms with Gasteiger partial charge in [-0.15, -0.1) is 0 Å². The molecule has 0 aromatic heterocycles. The van der Waals surface area contributed by atoms with E-state index in [9.17, 15) is 14.4 Å². The van der Waals surface area contributed by atoms with E-state index in [-0.39, 0.29) is 49.6 Å². The third-order valence-corrected chi connectivity index (χ3v) is 7.29. The van der Waals surface area contributed by atoms with Gasteiger partial charge in [-0.1, -0.05) is 48.0 Å². The molecule has 0 spiro atoms. The summed E-state index contributed by atoms with van der Waals surface area (Å²) in [5.41, 5.74) is 1.73. The van der Waals surface area contributed by atoms with Gasteiger partial charge in [0.15, 0.2) is 0 Å². The largest absolute Gasteiger partial charge is 0.496 e. The van der Waals surface area contributed by atoms with Crippen LogP contribution in [0.2, 0.25) is 0 Å². The van der Waals surface area contributed by atoms with Crippen LogP contribution in [0.3, 0.4) is 0 Å². The van der Waals surface area contributed by atoms with E-state index in [1.807, 2.05) is 17.0 Å².